The van der Waals surface area contributed by atoms with Crippen molar-refractivity contribution in [3.05, 3.63) is 24.3 Å². The highest BCUT2D eigenvalue weighted by atomic mass is 32.1. The minimum absolute atomic E-state index is 0.127. The van der Waals surface area contributed by atoms with E-state index in [1.165, 1.54) is 0 Å². The largest absolute Gasteiger partial charge is 0.497 e. The Morgan fingerprint density at radius 1 is 1.44 bits per heavy atom. The second-order valence-electron chi connectivity index (χ2n) is 4.67. The summed E-state index contributed by atoms with van der Waals surface area (Å²) in [7, 11) is 1.63. The van der Waals surface area contributed by atoms with E-state index >= 15 is 0 Å². The van der Waals surface area contributed by atoms with E-state index in [1.807, 2.05) is 38.1 Å². The highest BCUT2D eigenvalue weighted by molar-refractivity contribution is 7.80. The second-order valence-corrected chi connectivity index (χ2v) is 5.08. The number of thiocarbonyl (C=S) groups is 1. The number of hydrogen-bond acceptors (Lipinski definition) is 3. The van der Waals surface area contributed by atoms with Crippen LogP contribution in [0.15, 0.2) is 24.3 Å². The molecule has 0 amide bonds. The third-order valence-corrected chi connectivity index (χ3v) is 2.72. The van der Waals surface area contributed by atoms with E-state index in [0.29, 0.717) is 11.5 Å². The van der Waals surface area contributed by atoms with Crippen LogP contribution in [0.3, 0.4) is 0 Å². The maximum Gasteiger partial charge on any atom is 0.171 e. The molecule has 0 aliphatic carbocycles. The fourth-order valence-corrected chi connectivity index (χ4v) is 1.91. The third-order valence-electron chi connectivity index (χ3n) is 2.52. The maximum atomic E-state index is 8.95. The Morgan fingerprint density at radius 3 is 2.78 bits per heavy atom. The van der Waals surface area contributed by atoms with Crippen molar-refractivity contribution in [3.63, 3.8) is 0 Å². The Morgan fingerprint density at radius 2 is 2.17 bits per heavy atom. The summed E-state index contributed by atoms with van der Waals surface area (Å²) in [6.45, 7) is 4.10. The molecule has 4 nitrogen and oxygen atoms in total. The Kier molecular flexibility index (Phi) is 5.37. The normalized spacial score (nSPS) is 10.9. The quantitative estimate of drug-likeness (QED) is 0.714. The summed E-state index contributed by atoms with van der Waals surface area (Å²) in [4.78, 5) is 0. The molecule has 5 heteroatoms. The molecule has 1 aromatic carbocycles. The maximum absolute atomic E-state index is 8.95. The van der Waals surface area contributed by atoms with Crippen LogP contribution in [-0.2, 0) is 0 Å². The fraction of sp³-hybridized carbons (Fsp3) is 0.462. The number of aliphatic hydroxyl groups is 1. The van der Waals surface area contributed by atoms with E-state index in [2.05, 4.69) is 10.6 Å². The predicted molar refractivity (Wildman–Crippen MR) is 78.1 cm³/mol. The number of rotatable bonds is 5. The van der Waals surface area contributed by atoms with Crippen molar-refractivity contribution in [1.29, 1.82) is 0 Å². The number of nitrogens with one attached hydrogen (secondary N) is 2. The third kappa shape index (κ3) is 4.89. The SMILES string of the molecule is COc1cccc(NC(=S)NC(C)(C)CCO)c1. The van der Waals surface area contributed by atoms with Gasteiger partial charge in [0.05, 0.1) is 7.11 Å². The Labute approximate surface area is 113 Å². The van der Waals surface area contributed by atoms with Crippen LogP contribution in [0.2, 0.25) is 0 Å². The molecule has 0 aliphatic rings. The molecule has 100 valence electrons. The van der Waals surface area contributed by atoms with E-state index < -0.39 is 0 Å². The Hall–Kier alpha value is -1.33. The summed E-state index contributed by atoms with van der Waals surface area (Å²) in [5, 5.41) is 15.7. The van der Waals surface area contributed by atoms with Crippen molar-refractivity contribution in [2.75, 3.05) is 19.0 Å². The van der Waals surface area contributed by atoms with Crippen molar-refractivity contribution < 1.29 is 9.84 Å². The number of aliphatic hydroxyl groups excluding tert-OH is 1. The number of ether oxygens (including phenoxy) is 1. The molecule has 0 aromatic heterocycles. The van der Waals surface area contributed by atoms with E-state index in [1.54, 1.807) is 7.11 Å². The molecule has 0 saturated carbocycles. The highest BCUT2D eigenvalue weighted by Crippen LogP contribution is 2.17. The molecule has 0 saturated heterocycles. The molecule has 1 aromatic rings. The van der Waals surface area contributed by atoms with Crippen LogP contribution >= 0.6 is 12.2 Å². The van der Waals surface area contributed by atoms with Crippen molar-refractivity contribution in [1.82, 2.24) is 5.32 Å². The summed E-state index contributed by atoms with van der Waals surface area (Å²) >= 11 is 5.23. The molecule has 0 unspecified atom stereocenters. The lowest BCUT2D eigenvalue weighted by Crippen LogP contribution is -2.45. The molecule has 0 radical (unpaired) electrons. The standard InChI is InChI=1S/C13H20N2O2S/c1-13(2,7-8-16)15-12(18)14-10-5-4-6-11(9-10)17-3/h4-6,9,16H,7-8H2,1-3H3,(H2,14,15,18). The van der Waals surface area contributed by atoms with Gasteiger partial charge in [0, 0.05) is 23.9 Å². The van der Waals surface area contributed by atoms with Gasteiger partial charge in [0.1, 0.15) is 5.75 Å². The van der Waals surface area contributed by atoms with Crippen LogP contribution in [0.5, 0.6) is 5.75 Å². The molecule has 1 rings (SSSR count). The average molecular weight is 268 g/mol. The summed E-state index contributed by atoms with van der Waals surface area (Å²) in [5.74, 6) is 0.775. The Balaban J connectivity index is 2.59. The molecule has 3 N–H and O–H groups in total. The summed E-state index contributed by atoms with van der Waals surface area (Å²) < 4.78 is 5.14. The molecule has 0 fully saturated rings. The van der Waals surface area contributed by atoms with Crippen molar-refractivity contribution in [2.45, 2.75) is 25.8 Å². The molecular weight excluding hydrogens is 248 g/mol. The monoisotopic (exact) mass is 268 g/mol. The van der Waals surface area contributed by atoms with Gasteiger partial charge >= 0.3 is 0 Å². The zero-order valence-corrected chi connectivity index (χ0v) is 11.8. The summed E-state index contributed by atoms with van der Waals surface area (Å²) in [6.07, 6.45) is 0.632. The van der Waals surface area contributed by atoms with Gasteiger partial charge in [-0.3, -0.25) is 0 Å². The molecule has 0 atom stereocenters. The topological polar surface area (TPSA) is 53.5 Å². The average Bonchev–Trinajstić information content (AvgIpc) is 2.28. The Bertz CT molecular complexity index is 408. The number of anilines is 1. The van der Waals surface area contributed by atoms with Crippen molar-refractivity contribution in [2.24, 2.45) is 0 Å². The van der Waals surface area contributed by atoms with E-state index in [-0.39, 0.29) is 12.1 Å². The summed E-state index contributed by atoms with van der Waals surface area (Å²) in [6, 6.07) is 7.54. The molecular formula is C13H20N2O2S. The molecule has 0 heterocycles. The van der Waals surface area contributed by atoms with E-state index in [9.17, 15) is 0 Å². The lowest BCUT2D eigenvalue weighted by atomic mass is 10.0. The molecule has 0 spiro atoms. The highest BCUT2D eigenvalue weighted by Gasteiger charge is 2.17. The van der Waals surface area contributed by atoms with Crippen LogP contribution in [0.1, 0.15) is 20.3 Å². The van der Waals surface area contributed by atoms with Gasteiger partial charge in [-0.15, -0.1) is 0 Å². The van der Waals surface area contributed by atoms with Crippen LogP contribution < -0.4 is 15.4 Å². The van der Waals surface area contributed by atoms with Gasteiger partial charge in [-0.05, 0) is 44.6 Å². The van der Waals surface area contributed by atoms with E-state index in [0.717, 1.165) is 11.4 Å². The lowest BCUT2D eigenvalue weighted by Gasteiger charge is -2.27. The predicted octanol–water partition coefficient (Wildman–Crippen LogP) is 2.14. The fourth-order valence-electron chi connectivity index (χ4n) is 1.51. The van der Waals surface area contributed by atoms with Gasteiger partial charge in [0.15, 0.2) is 5.11 Å². The smallest absolute Gasteiger partial charge is 0.171 e. The first kappa shape index (κ1) is 14.7. The van der Waals surface area contributed by atoms with Gasteiger partial charge in [0.25, 0.3) is 0 Å². The lowest BCUT2D eigenvalue weighted by molar-refractivity contribution is 0.245. The number of methoxy groups -OCH3 is 1. The van der Waals surface area contributed by atoms with Gasteiger partial charge in [0.2, 0.25) is 0 Å². The number of hydrogen-bond donors (Lipinski definition) is 3. The van der Waals surface area contributed by atoms with Crippen molar-refractivity contribution in [3.8, 4) is 5.75 Å². The van der Waals surface area contributed by atoms with Gasteiger partial charge in [-0.1, -0.05) is 6.07 Å². The van der Waals surface area contributed by atoms with E-state index in [4.69, 9.17) is 22.1 Å². The molecule has 0 aliphatic heterocycles. The summed E-state index contributed by atoms with van der Waals surface area (Å²) in [5.41, 5.74) is 0.629. The second kappa shape index (κ2) is 6.56. The van der Waals surface area contributed by atoms with Crippen LogP contribution in [-0.4, -0.2) is 29.5 Å². The van der Waals surface area contributed by atoms with Gasteiger partial charge in [-0.2, -0.15) is 0 Å². The van der Waals surface area contributed by atoms with Crippen LogP contribution in [0.25, 0.3) is 0 Å². The molecule has 0 bridgehead atoms. The first-order valence-electron chi connectivity index (χ1n) is 5.81. The minimum atomic E-state index is -0.238. The first-order chi connectivity index (χ1) is 8.46. The minimum Gasteiger partial charge on any atom is -0.497 e. The van der Waals surface area contributed by atoms with Crippen molar-refractivity contribution >= 4 is 23.0 Å². The zero-order chi connectivity index (χ0) is 13.6. The van der Waals surface area contributed by atoms with Gasteiger partial charge < -0.3 is 20.5 Å². The first-order valence-corrected chi connectivity index (χ1v) is 6.22. The zero-order valence-electron chi connectivity index (χ0n) is 11.0. The number of benzene rings is 1. The van der Waals surface area contributed by atoms with Crippen LogP contribution in [0.4, 0.5) is 5.69 Å². The van der Waals surface area contributed by atoms with Gasteiger partial charge in [-0.25, -0.2) is 0 Å². The molecule has 18 heavy (non-hydrogen) atoms. The van der Waals surface area contributed by atoms with Crippen LogP contribution in [0, 0.1) is 0 Å².